The first-order chi connectivity index (χ1) is 11.3. The van der Waals surface area contributed by atoms with Crippen LogP contribution in [-0.2, 0) is 14.3 Å². The van der Waals surface area contributed by atoms with Crippen molar-refractivity contribution >= 4 is 11.9 Å². The third kappa shape index (κ3) is 4.06. The van der Waals surface area contributed by atoms with Crippen LogP contribution in [0.3, 0.4) is 0 Å². The molecule has 1 saturated heterocycles. The molecule has 6 heteroatoms. The Hall–Kier alpha value is -2.08. The van der Waals surface area contributed by atoms with Crippen LogP contribution in [0.1, 0.15) is 37.8 Å². The molecule has 0 radical (unpaired) electrons. The molecule has 24 heavy (non-hydrogen) atoms. The van der Waals surface area contributed by atoms with E-state index in [4.69, 9.17) is 9.47 Å². The van der Waals surface area contributed by atoms with E-state index < -0.39 is 18.1 Å². The van der Waals surface area contributed by atoms with E-state index in [9.17, 15) is 14.7 Å². The minimum atomic E-state index is -1.06. The predicted molar refractivity (Wildman–Crippen MR) is 89.3 cm³/mol. The van der Waals surface area contributed by atoms with Crippen molar-refractivity contribution in [3.63, 3.8) is 0 Å². The second kappa shape index (κ2) is 7.66. The molecule has 1 aliphatic heterocycles. The molecule has 6 nitrogen and oxygen atoms in total. The highest BCUT2D eigenvalue weighted by atomic mass is 16.5. The van der Waals surface area contributed by atoms with Crippen molar-refractivity contribution in [3.05, 3.63) is 29.3 Å². The van der Waals surface area contributed by atoms with E-state index in [1.54, 1.807) is 6.92 Å². The van der Waals surface area contributed by atoms with Gasteiger partial charge < -0.3 is 19.5 Å². The maximum atomic E-state index is 12.6. The van der Waals surface area contributed by atoms with Crippen LogP contribution in [0.25, 0.3) is 0 Å². The summed E-state index contributed by atoms with van der Waals surface area (Å²) >= 11 is 0. The van der Waals surface area contributed by atoms with E-state index in [0.717, 1.165) is 5.56 Å². The number of carboxylic acid groups (broad SMARTS) is 1. The highest BCUT2D eigenvalue weighted by Gasteiger charge is 2.35. The van der Waals surface area contributed by atoms with Gasteiger partial charge in [0.15, 0.2) is 12.1 Å². The molecule has 1 N–H and O–H groups in total. The van der Waals surface area contributed by atoms with Gasteiger partial charge in [0, 0.05) is 6.54 Å². The van der Waals surface area contributed by atoms with Gasteiger partial charge in [-0.2, -0.15) is 0 Å². The lowest BCUT2D eigenvalue weighted by atomic mass is 9.98. The normalized spacial score (nSPS) is 19.2. The fraction of sp³-hybridized carbons (Fsp3) is 0.556. The maximum absolute atomic E-state index is 12.6. The molecular weight excluding hydrogens is 310 g/mol. The van der Waals surface area contributed by atoms with E-state index in [1.165, 1.54) is 10.5 Å². The van der Waals surface area contributed by atoms with Crippen LogP contribution in [0.4, 0.5) is 0 Å². The van der Waals surface area contributed by atoms with Gasteiger partial charge in [0.05, 0.1) is 13.2 Å². The van der Waals surface area contributed by atoms with E-state index >= 15 is 0 Å². The first kappa shape index (κ1) is 18.3. The average molecular weight is 335 g/mol. The Morgan fingerprint density at radius 2 is 2.04 bits per heavy atom. The Balaban J connectivity index is 2.08. The molecular formula is C18H25NO5. The summed E-state index contributed by atoms with van der Waals surface area (Å²) in [6.45, 7) is 8.51. The molecule has 0 saturated carbocycles. The van der Waals surface area contributed by atoms with Gasteiger partial charge in [-0.25, -0.2) is 4.79 Å². The summed E-state index contributed by atoms with van der Waals surface area (Å²) in [5.41, 5.74) is 2.34. The second-order valence-electron chi connectivity index (χ2n) is 6.39. The van der Waals surface area contributed by atoms with Crippen LogP contribution < -0.4 is 4.74 Å². The van der Waals surface area contributed by atoms with Crippen LogP contribution in [0, 0.1) is 6.92 Å². The largest absolute Gasteiger partial charge is 0.481 e. The predicted octanol–water partition coefficient (Wildman–Crippen LogP) is 2.20. The summed E-state index contributed by atoms with van der Waals surface area (Å²) in [6, 6.07) is 4.80. The molecule has 132 valence electrons. The number of aryl methyl sites for hydroxylation is 1. The molecule has 1 fully saturated rings. The highest BCUT2D eigenvalue weighted by Crippen LogP contribution is 2.24. The number of hydrogen-bond donors (Lipinski definition) is 1. The fourth-order valence-corrected chi connectivity index (χ4v) is 2.93. The van der Waals surface area contributed by atoms with Gasteiger partial charge in [-0.3, -0.25) is 4.79 Å². The summed E-state index contributed by atoms with van der Waals surface area (Å²) < 4.78 is 10.9. The van der Waals surface area contributed by atoms with E-state index in [-0.39, 0.29) is 19.1 Å². The Labute approximate surface area is 142 Å². The Kier molecular flexibility index (Phi) is 5.83. The number of rotatable bonds is 5. The summed E-state index contributed by atoms with van der Waals surface area (Å²) in [4.78, 5) is 25.2. The van der Waals surface area contributed by atoms with Crippen molar-refractivity contribution < 1.29 is 24.2 Å². The number of carbonyl (C=O) groups is 2. The number of aliphatic carboxylic acids is 1. The fourth-order valence-electron chi connectivity index (χ4n) is 2.93. The maximum Gasteiger partial charge on any atom is 0.328 e. The summed E-state index contributed by atoms with van der Waals surface area (Å²) in [5.74, 6) is -0.371. The van der Waals surface area contributed by atoms with Gasteiger partial charge in [-0.05, 0) is 43.0 Å². The van der Waals surface area contributed by atoms with Crippen LogP contribution in [0.2, 0.25) is 0 Å². The second-order valence-corrected chi connectivity index (χ2v) is 6.39. The molecule has 1 aromatic rings. The van der Waals surface area contributed by atoms with Crippen molar-refractivity contribution in [2.45, 2.75) is 45.8 Å². The van der Waals surface area contributed by atoms with E-state index in [0.29, 0.717) is 18.3 Å². The quantitative estimate of drug-likeness (QED) is 0.893. The molecule has 0 spiro atoms. The van der Waals surface area contributed by atoms with Crippen molar-refractivity contribution in [2.75, 3.05) is 19.8 Å². The standard InChI is InChI=1S/C18H25NO5/c1-11(2)15-6-5-14(9-12(15)3)24-13(4)17(20)19-7-8-23-10-16(19)18(21)22/h5-6,9,11,13,16H,7-8,10H2,1-4H3,(H,21,22). The highest BCUT2D eigenvalue weighted by molar-refractivity contribution is 5.86. The summed E-state index contributed by atoms with van der Waals surface area (Å²) in [6.07, 6.45) is -0.755. The van der Waals surface area contributed by atoms with Crippen molar-refractivity contribution in [2.24, 2.45) is 0 Å². The molecule has 1 aliphatic rings. The number of morpholine rings is 1. The molecule has 2 atom stereocenters. The van der Waals surface area contributed by atoms with Gasteiger partial charge in [0.25, 0.3) is 5.91 Å². The SMILES string of the molecule is Cc1cc(OC(C)C(=O)N2CCOCC2C(=O)O)ccc1C(C)C. The van der Waals surface area contributed by atoms with Crippen molar-refractivity contribution in [1.29, 1.82) is 0 Å². The molecule has 2 rings (SSSR count). The minimum Gasteiger partial charge on any atom is -0.481 e. The van der Waals surface area contributed by atoms with E-state index in [2.05, 4.69) is 13.8 Å². The topological polar surface area (TPSA) is 76.1 Å². The van der Waals surface area contributed by atoms with Crippen LogP contribution in [0.5, 0.6) is 5.75 Å². The van der Waals surface area contributed by atoms with Crippen LogP contribution in [-0.4, -0.2) is 53.8 Å². The third-order valence-corrected chi connectivity index (χ3v) is 4.22. The zero-order valence-electron chi connectivity index (χ0n) is 14.6. The lowest BCUT2D eigenvalue weighted by Crippen LogP contribution is -2.55. The monoisotopic (exact) mass is 335 g/mol. The van der Waals surface area contributed by atoms with Gasteiger partial charge in [-0.1, -0.05) is 19.9 Å². The zero-order valence-corrected chi connectivity index (χ0v) is 14.6. The molecule has 2 unspecified atom stereocenters. The lowest BCUT2D eigenvalue weighted by molar-refractivity contribution is -0.161. The van der Waals surface area contributed by atoms with Gasteiger partial charge in [0.2, 0.25) is 0 Å². The first-order valence-electron chi connectivity index (χ1n) is 8.19. The van der Waals surface area contributed by atoms with Gasteiger partial charge in [-0.15, -0.1) is 0 Å². The summed E-state index contributed by atoms with van der Waals surface area (Å²) in [5, 5.41) is 9.23. The van der Waals surface area contributed by atoms with E-state index in [1.807, 2.05) is 25.1 Å². The molecule has 1 amide bonds. The lowest BCUT2D eigenvalue weighted by Gasteiger charge is -2.34. The average Bonchev–Trinajstić information content (AvgIpc) is 2.53. The first-order valence-corrected chi connectivity index (χ1v) is 8.19. The van der Waals surface area contributed by atoms with Crippen molar-refractivity contribution in [1.82, 2.24) is 4.90 Å². The molecule has 0 aliphatic carbocycles. The zero-order chi connectivity index (χ0) is 17.9. The molecule has 1 aromatic carbocycles. The van der Waals surface area contributed by atoms with Crippen LogP contribution >= 0.6 is 0 Å². The smallest absolute Gasteiger partial charge is 0.328 e. The minimum absolute atomic E-state index is 0.00991. The van der Waals surface area contributed by atoms with Crippen molar-refractivity contribution in [3.8, 4) is 5.75 Å². The number of amides is 1. The molecule has 0 aromatic heterocycles. The Morgan fingerprint density at radius 1 is 1.33 bits per heavy atom. The Bertz CT molecular complexity index is 613. The van der Waals surface area contributed by atoms with Gasteiger partial charge in [0.1, 0.15) is 5.75 Å². The number of carboxylic acids is 1. The number of nitrogens with zero attached hydrogens (tertiary/aromatic N) is 1. The number of benzene rings is 1. The number of hydrogen-bond acceptors (Lipinski definition) is 4. The number of ether oxygens (including phenoxy) is 2. The number of carbonyl (C=O) groups excluding carboxylic acids is 1. The molecule has 0 bridgehead atoms. The third-order valence-electron chi connectivity index (χ3n) is 4.22. The molecule has 1 heterocycles. The van der Waals surface area contributed by atoms with Gasteiger partial charge >= 0.3 is 5.97 Å². The van der Waals surface area contributed by atoms with Crippen LogP contribution in [0.15, 0.2) is 18.2 Å². The Morgan fingerprint density at radius 3 is 2.62 bits per heavy atom. The summed E-state index contributed by atoms with van der Waals surface area (Å²) in [7, 11) is 0.